The molecule has 0 radical (unpaired) electrons. The number of amides is 3. The third-order valence-electron chi connectivity index (χ3n) is 5.67. The first kappa shape index (κ1) is 15.5. The zero-order valence-corrected chi connectivity index (χ0v) is 14.1. The van der Waals surface area contributed by atoms with E-state index in [4.69, 9.17) is 0 Å². The second kappa shape index (κ2) is 6.49. The number of nitrogens with zero attached hydrogens (tertiary/aromatic N) is 2. The highest BCUT2D eigenvalue weighted by molar-refractivity contribution is 5.93. The van der Waals surface area contributed by atoms with Crippen LogP contribution in [-0.4, -0.2) is 59.4 Å². The topological polar surface area (TPSA) is 68.4 Å². The largest absolute Gasteiger partial charge is 0.354 e. The van der Waals surface area contributed by atoms with Gasteiger partial charge in [-0.25, -0.2) is 4.79 Å². The Balaban J connectivity index is 1.32. The molecule has 6 nitrogen and oxygen atoms in total. The smallest absolute Gasteiger partial charge is 0.317 e. The van der Waals surface area contributed by atoms with Gasteiger partial charge in [0.2, 0.25) is 0 Å². The first-order chi connectivity index (χ1) is 11.7. The van der Waals surface area contributed by atoms with Gasteiger partial charge in [-0.05, 0) is 56.1 Å². The molecule has 6 heteroatoms. The lowest BCUT2D eigenvalue weighted by Gasteiger charge is -2.33. The minimum absolute atomic E-state index is 0.0606. The van der Waals surface area contributed by atoms with E-state index in [1.165, 1.54) is 24.1 Å². The van der Waals surface area contributed by atoms with Crippen molar-refractivity contribution in [2.75, 3.05) is 32.7 Å². The Kier molecular flexibility index (Phi) is 4.21. The van der Waals surface area contributed by atoms with Gasteiger partial charge >= 0.3 is 6.03 Å². The Morgan fingerprint density at radius 1 is 1.17 bits per heavy atom. The molecule has 3 amide bonds. The maximum absolute atomic E-state index is 12.7. The number of fused-ring (bicyclic) bond motifs is 1. The first-order valence-electron chi connectivity index (χ1n) is 9.23. The predicted molar refractivity (Wildman–Crippen MR) is 91.0 cm³/mol. The number of aryl methyl sites for hydroxylation is 2. The lowest BCUT2D eigenvalue weighted by atomic mass is 9.96. The summed E-state index contributed by atoms with van der Waals surface area (Å²) in [6.45, 7) is 3.98. The monoisotopic (exact) mass is 330 g/mol. The molecule has 0 bridgehead atoms. The van der Waals surface area contributed by atoms with Crippen LogP contribution in [0.4, 0.5) is 4.79 Å². The number of nitrogens with one attached hydrogen (secondary N) is 2. The zero-order chi connectivity index (χ0) is 16.5. The summed E-state index contributed by atoms with van der Waals surface area (Å²) in [7, 11) is 0. The molecule has 1 aliphatic carbocycles. The van der Waals surface area contributed by atoms with Crippen molar-refractivity contribution in [3.63, 3.8) is 0 Å². The van der Waals surface area contributed by atoms with E-state index in [1.54, 1.807) is 0 Å². The number of hydrogen-bond donors (Lipinski definition) is 2. The van der Waals surface area contributed by atoms with Gasteiger partial charge in [-0.3, -0.25) is 4.79 Å². The van der Waals surface area contributed by atoms with Crippen LogP contribution in [0.2, 0.25) is 0 Å². The van der Waals surface area contributed by atoms with Crippen molar-refractivity contribution >= 4 is 11.9 Å². The molecule has 0 saturated carbocycles. The molecule has 0 spiro atoms. The Labute approximate surface area is 142 Å². The summed E-state index contributed by atoms with van der Waals surface area (Å²) < 4.78 is 0. The molecular weight excluding hydrogens is 304 g/mol. The summed E-state index contributed by atoms with van der Waals surface area (Å²) in [6, 6.07) is 2.13. The third-order valence-corrected chi connectivity index (χ3v) is 5.67. The van der Waals surface area contributed by atoms with E-state index in [9.17, 15) is 9.59 Å². The Morgan fingerprint density at radius 3 is 2.67 bits per heavy atom. The van der Waals surface area contributed by atoms with E-state index >= 15 is 0 Å². The fourth-order valence-electron chi connectivity index (χ4n) is 4.20. The number of aromatic nitrogens is 1. The molecule has 4 rings (SSSR count). The van der Waals surface area contributed by atoms with Crippen molar-refractivity contribution in [1.29, 1.82) is 0 Å². The summed E-state index contributed by atoms with van der Waals surface area (Å²) in [5.41, 5.74) is 3.36. The van der Waals surface area contributed by atoms with E-state index < -0.39 is 0 Å². The van der Waals surface area contributed by atoms with Crippen molar-refractivity contribution in [1.82, 2.24) is 20.1 Å². The quantitative estimate of drug-likeness (QED) is 0.887. The van der Waals surface area contributed by atoms with Gasteiger partial charge < -0.3 is 20.1 Å². The van der Waals surface area contributed by atoms with Crippen LogP contribution in [0.25, 0.3) is 0 Å². The van der Waals surface area contributed by atoms with E-state index in [-0.39, 0.29) is 11.9 Å². The highest BCUT2D eigenvalue weighted by atomic mass is 16.2. The Bertz CT molecular complexity index is 607. The lowest BCUT2D eigenvalue weighted by Crippen LogP contribution is -2.42. The summed E-state index contributed by atoms with van der Waals surface area (Å²) in [5.74, 6) is 0.650. The average molecular weight is 330 g/mol. The van der Waals surface area contributed by atoms with Gasteiger partial charge in [-0.2, -0.15) is 0 Å². The number of rotatable bonds is 3. The van der Waals surface area contributed by atoms with Crippen LogP contribution in [0.5, 0.6) is 0 Å². The third kappa shape index (κ3) is 3.01. The van der Waals surface area contributed by atoms with E-state index in [0.29, 0.717) is 5.92 Å². The summed E-state index contributed by atoms with van der Waals surface area (Å²) in [5, 5.41) is 2.85. The molecule has 0 aromatic carbocycles. The van der Waals surface area contributed by atoms with Crippen LogP contribution in [0, 0.1) is 5.92 Å². The minimum Gasteiger partial charge on any atom is -0.354 e. The SMILES string of the molecule is O=C1NCCN1CC1CCN(C(=O)c2cc3c([nH]2)CCCC3)CC1. The molecule has 1 aromatic rings. The Hall–Kier alpha value is -1.98. The van der Waals surface area contributed by atoms with Gasteiger partial charge in [0.15, 0.2) is 0 Å². The molecule has 1 aromatic heterocycles. The Morgan fingerprint density at radius 2 is 1.96 bits per heavy atom. The van der Waals surface area contributed by atoms with Gasteiger partial charge in [0, 0.05) is 38.4 Å². The maximum atomic E-state index is 12.7. The average Bonchev–Trinajstić information content (AvgIpc) is 3.21. The molecule has 3 heterocycles. The van der Waals surface area contributed by atoms with Crippen LogP contribution in [0.1, 0.15) is 47.4 Å². The van der Waals surface area contributed by atoms with Crippen LogP contribution in [0.15, 0.2) is 6.07 Å². The summed E-state index contributed by atoms with van der Waals surface area (Å²) in [4.78, 5) is 31.6. The zero-order valence-electron chi connectivity index (χ0n) is 14.1. The van der Waals surface area contributed by atoms with Gasteiger partial charge in [-0.15, -0.1) is 0 Å². The normalized spacial score (nSPS) is 21.8. The van der Waals surface area contributed by atoms with E-state index in [2.05, 4.69) is 16.4 Å². The summed E-state index contributed by atoms with van der Waals surface area (Å²) in [6.07, 6.45) is 6.58. The lowest BCUT2D eigenvalue weighted by molar-refractivity contribution is 0.0671. The summed E-state index contributed by atoms with van der Waals surface area (Å²) >= 11 is 0. The molecule has 24 heavy (non-hydrogen) atoms. The number of carbonyl (C=O) groups is 2. The number of hydrogen-bond acceptors (Lipinski definition) is 2. The fourth-order valence-corrected chi connectivity index (χ4v) is 4.20. The van der Waals surface area contributed by atoms with Crippen LogP contribution in [-0.2, 0) is 12.8 Å². The van der Waals surface area contributed by atoms with Crippen LogP contribution < -0.4 is 5.32 Å². The van der Waals surface area contributed by atoms with Crippen molar-refractivity contribution in [2.45, 2.75) is 38.5 Å². The highest BCUT2D eigenvalue weighted by Gasteiger charge is 2.29. The fraction of sp³-hybridized carbons (Fsp3) is 0.667. The number of urea groups is 1. The molecule has 130 valence electrons. The van der Waals surface area contributed by atoms with Crippen molar-refractivity contribution in [2.24, 2.45) is 5.92 Å². The number of H-pyrrole nitrogens is 1. The van der Waals surface area contributed by atoms with Crippen molar-refractivity contribution in [3.8, 4) is 0 Å². The van der Waals surface area contributed by atoms with Crippen molar-refractivity contribution in [3.05, 3.63) is 23.0 Å². The molecule has 2 N–H and O–H groups in total. The minimum atomic E-state index is 0.0606. The van der Waals surface area contributed by atoms with Gasteiger partial charge in [0.25, 0.3) is 5.91 Å². The van der Waals surface area contributed by atoms with Gasteiger partial charge in [-0.1, -0.05) is 0 Å². The molecule has 2 aliphatic heterocycles. The van der Waals surface area contributed by atoms with E-state index in [0.717, 1.165) is 64.1 Å². The number of aromatic amines is 1. The first-order valence-corrected chi connectivity index (χ1v) is 9.23. The predicted octanol–water partition coefficient (Wildman–Crippen LogP) is 1.77. The van der Waals surface area contributed by atoms with Crippen LogP contribution in [0.3, 0.4) is 0 Å². The molecular formula is C18H26N4O2. The molecule has 0 atom stereocenters. The molecule has 2 fully saturated rings. The second-order valence-electron chi connectivity index (χ2n) is 7.31. The number of likely N-dealkylation sites (tertiary alicyclic amines) is 1. The molecule has 2 saturated heterocycles. The number of piperidine rings is 1. The van der Waals surface area contributed by atoms with Crippen molar-refractivity contribution < 1.29 is 9.59 Å². The number of carbonyl (C=O) groups excluding carboxylic acids is 2. The van der Waals surface area contributed by atoms with E-state index in [1.807, 2.05) is 9.80 Å². The maximum Gasteiger partial charge on any atom is 0.317 e. The molecule has 0 unspecified atom stereocenters. The van der Waals surface area contributed by atoms with Crippen LogP contribution >= 0.6 is 0 Å². The van der Waals surface area contributed by atoms with Gasteiger partial charge in [0.05, 0.1) is 0 Å². The highest BCUT2D eigenvalue weighted by Crippen LogP contribution is 2.24. The van der Waals surface area contributed by atoms with Gasteiger partial charge in [0.1, 0.15) is 5.69 Å². The standard InChI is InChI=1S/C18H26N4O2/c23-17(16-11-14-3-1-2-4-15(14)20-16)21-8-5-13(6-9-21)12-22-10-7-19-18(22)24/h11,13,20H,1-10,12H2,(H,19,24). The molecule has 3 aliphatic rings. The second-order valence-corrected chi connectivity index (χ2v) is 7.31.